The van der Waals surface area contributed by atoms with Crippen molar-refractivity contribution < 1.29 is 9.53 Å². The van der Waals surface area contributed by atoms with Crippen molar-refractivity contribution in [3.05, 3.63) is 0 Å². The summed E-state index contributed by atoms with van der Waals surface area (Å²) in [5.41, 5.74) is 0. The third-order valence-corrected chi connectivity index (χ3v) is 2.22. The molecular weight excluding hydrogens is 192 g/mol. The molecule has 0 bridgehead atoms. The highest BCUT2D eigenvalue weighted by molar-refractivity contribution is 5.75. The van der Waals surface area contributed by atoms with E-state index in [4.69, 9.17) is 4.74 Å². The Morgan fingerprint density at radius 3 is 2.53 bits per heavy atom. The summed E-state index contributed by atoms with van der Waals surface area (Å²) in [6.07, 6.45) is 4.04. The molecule has 0 spiro atoms. The van der Waals surface area contributed by atoms with Gasteiger partial charge in [-0.05, 0) is 25.8 Å². The van der Waals surface area contributed by atoms with Crippen molar-refractivity contribution in [2.75, 3.05) is 40.9 Å². The van der Waals surface area contributed by atoms with Crippen molar-refractivity contribution in [1.82, 2.24) is 10.2 Å². The minimum Gasteiger partial charge on any atom is -0.385 e. The van der Waals surface area contributed by atoms with Gasteiger partial charge in [0, 0.05) is 40.8 Å². The van der Waals surface area contributed by atoms with Crippen LogP contribution < -0.4 is 5.32 Å². The van der Waals surface area contributed by atoms with E-state index < -0.39 is 0 Å². The molecule has 0 aromatic carbocycles. The lowest BCUT2D eigenvalue weighted by Crippen LogP contribution is -2.27. The van der Waals surface area contributed by atoms with Crippen molar-refractivity contribution in [2.24, 2.45) is 0 Å². The van der Waals surface area contributed by atoms with Crippen LogP contribution in [-0.2, 0) is 9.53 Å². The minimum absolute atomic E-state index is 0.182. The molecule has 0 heterocycles. The van der Waals surface area contributed by atoms with E-state index in [1.165, 1.54) is 6.42 Å². The highest BCUT2D eigenvalue weighted by Crippen LogP contribution is 1.93. The van der Waals surface area contributed by atoms with Crippen molar-refractivity contribution >= 4 is 5.91 Å². The van der Waals surface area contributed by atoms with Crippen LogP contribution in [0, 0.1) is 0 Å². The van der Waals surface area contributed by atoms with Crippen LogP contribution in [0.4, 0.5) is 0 Å². The summed E-state index contributed by atoms with van der Waals surface area (Å²) in [4.78, 5) is 12.8. The maximum absolute atomic E-state index is 11.2. The molecule has 90 valence electrons. The Kier molecular flexibility index (Phi) is 9.52. The van der Waals surface area contributed by atoms with E-state index in [9.17, 15) is 4.79 Å². The van der Waals surface area contributed by atoms with Gasteiger partial charge in [0.05, 0.1) is 0 Å². The van der Waals surface area contributed by atoms with Crippen LogP contribution in [0.5, 0.6) is 0 Å². The highest BCUT2D eigenvalue weighted by atomic mass is 16.5. The fraction of sp³-hybridized carbons (Fsp3) is 0.909. The van der Waals surface area contributed by atoms with Crippen LogP contribution in [-0.4, -0.2) is 51.7 Å². The molecule has 0 fully saturated rings. The van der Waals surface area contributed by atoms with Crippen LogP contribution in [0.1, 0.15) is 25.7 Å². The number of carbonyl (C=O) groups excluding carboxylic acids is 1. The predicted molar refractivity (Wildman–Crippen MR) is 61.9 cm³/mol. The molecular formula is C11H24N2O2. The van der Waals surface area contributed by atoms with Gasteiger partial charge in [-0.15, -0.1) is 0 Å². The summed E-state index contributed by atoms with van der Waals surface area (Å²) >= 11 is 0. The van der Waals surface area contributed by atoms with E-state index in [2.05, 4.69) is 5.32 Å². The monoisotopic (exact) mass is 216 g/mol. The predicted octanol–water partition coefficient (Wildman–Crippen LogP) is 0.871. The number of nitrogens with zero attached hydrogens (tertiary/aromatic N) is 1. The molecule has 4 heteroatoms. The number of nitrogens with one attached hydrogen (secondary N) is 1. The fourth-order valence-electron chi connectivity index (χ4n) is 1.22. The lowest BCUT2D eigenvalue weighted by atomic mass is 10.2. The van der Waals surface area contributed by atoms with Crippen LogP contribution in [0.2, 0.25) is 0 Å². The smallest absolute Gasteiger partial charge is 0.223 e. The van der Waals surface area contributed by atoms with E-state index in [1.54, 1.807) is 26.1 Å². The largest absolute Gasteiger partial charge is 0.385 e. The second-order valence-electron chi connectivity index (χ2n) is 3.84. The molecule has 0 aliphatic heterocycles. The molecule has 0 aromatic heterocycles. The van der Waals surface area contributed by atoms with E-state index in [-0.39, 0.29) is 5.91 Å². The van der Waals surface area contributed by atoms with Crippen molar-refractivity contribution in [3.63, 3.8) is 0 Å². The van der Waals surface area contributed by atoms with Gasteiger partial charge in [-0.3, -0.25) is 4.79 Å². The van der Waals surface area contributed by atoms with Crippen LogP contribution in [0.25, 0.3) is 0 Å². The summed E-state index contributed by atoms with van der Waals surface area (Å²) in [6.45, 7) is 2.62. The second kappa shape index (κ2) is 9.93. The topological polar surface area (TPSA) is 41.6 Å². The highest BCUT2D eigenvalue weighted by Gasteiger charge is 2.01. The molecule has 0 aliphatic carbocycles. The summed E-state index contributed by atoms with van der Waals surface area (Å²) in [7, 11) is 5.30. The molecule has 1 amide bonds. The molecule has 0 rings (SSSR count). The quantitative estimate of drug-likeness (QED) is 0.582. The number of amides is 1. The first kappa shape index (κ1) is 14.4. The first-order chi connectivity index (χ1) is 7.18. The van der Waals surface area contributed by atoms with Crippen LogP contribution in [0.15, 0.2) is 0 Å². The summed E-state index contributed by atoms with van der Waals surface area (Å²) in [6, 6.07) is 0. The normalized spacial score (nSPS) is 10.3. The Morgan fingerprint density at radius 1 is 1.20 bits per heavy atom. The number of ether oxygens (including phenoxy) is 1. The summed E-state index contributed by atoms with van der Waals surface area (Å²) in [5.74, 6) is 0.182. The Bertz CT molecular complexity index is 161. The molecule has 0 atom stereocenters. The maximum atomic E-state index is 11.2. The summed E-state index contributed by atoms with van der Waals surface area (Å²) < 4.78 is 4.96. The number of hydrogen-bond donors (Lipinski definition) is 1. The van der Waals surface area contributed by atoms with Gasteiger partial charge in [0.15, 0.2) is 0 Å². The van der Waals surface area contributed by atoms with E-state index in [0.717, 1.165) is 32.5 Å². The zero-order valence-corrected chi connectivity index (χ0v) is 10.2. The first-order valence-electron chi connectivity index (χ1n) is 5.58. The zero-order chi connectivity index (χ0) is 11.5. The van der Waals surface area contributed by atoms with Crippen LogP contribution >= 0.6 is 0 Å². The van der Waals surface area contributed by atoms with Crippen molar-refractivity contribution in [3.8, 4) is 0 Å². The lowest BCUT2D eigenvalue weighted by Gasteiger charge is -2.10. The van der Waals surface area contributed by atoms with Crippen molar-refractivity contribution in [1.29, 1.82) is 0 Å². The number of hydrogen-bond acceptors (Lipinski definition) is 3. The lowest BCUT2D eigenvalue weighted by molar-refractivity contribution is -0.128. The van der Waals surface area contributed by atoms with Gasteiger partial charge in [0.2, 0.25) is 5.91 Å². The average molecular weight is 216 g/mol. The van der Waals surface area contributed by atoms with E-state index in [1.807, 2.05) is 0 Å². The molecule has 1 N–H and O–H groups in total. The number of unbranched alkanes of at least 4 members (excludes halogenated alkanes) is 2. The summed E-state index contributed by atoms with van der Waals surface area (Å²) in [5, 5.41) is 3.26. The molecule has 0 aromatic rings. The second-order valence-corrected chi connectivity index (χ2v) is 3.84. The third kappa shape index (κ3) is 9.69. The van der Waals surface area contributed by atoms with E-state index >= 15 is 0 Å². The Balaban J connectivity index is 3.08. The first-order valence-corrected chi connectivity index (χ1v) is 5.58. The number of carbonyl (C=O) groups is 1. The zero-order valence-electron chi connectivity index (χ0n) is 10.2. The third-order valence-electron chi connectivity index (χ3n) is 2.22. The minimum atomic E-state index is 0.182. The molecule has 0 unspecified atom stereocenters. The molecule has 0 radical (unpaired) electrons. The standard InChI is InChI=1S/C11H24N2O2/c1-13(2)11(14)7-9-12-8-5-4-6-10-15-3/h12H,4-10H2,1-3H3. The van der Waals surface area contributed by atoms with Gasteiger partial charge in [-0.2, -0.15) is 0 Å². The van der Waals surface area contributed by atoms with Gasteiger partial charge < -0.3 is 15.0 Å². The van der Waals surface area contributed by atoms with Crippen molar-refractivity contribution in [2.45, 2.75) is 25.7 Å². The Hall–Kier alpha value is -0.610. The van der Waals surface area contributed by atoms with Crippen LogP contribution in [0.3, 0.4) is 0 Å². The molecule has 15 heavy (non-hydrogen) atoms. The fourth-order valence-corrected chi connectivity index (χ4v) is 1.22. The number of methoxy groups -OCH3 is 1. The molecule has 4 nitrogen and oxygen atoms in total. The molecule has 0 aliphatic rings. The van der Waals surface area contributed by atoms with E-state index in [0.29, 0.717) is 6.42 Å². The maximum Gasteiger partial charge on any atom is 0.223 e. The average Bonchev–Trinajstić information content (AvgIpc) is 2.21. The van der Waals surface area contributed by atoms with Gasteiger partial charge in [0.1, 0.15) is 0 Å². The van der Waals surface area contributed by atoms with Gasteiger partial charge in [-0.25, -0.2) is 0 Å². The van der Waals surface area contributed by atoms with Gasteiger partial charge >= 0.3 is 0 Å². The Labute approximate surface area is 93.0 Å². The molecule has 0 saturated heterocycles. The van der Waals surface area contributed by atoms with Gasteiger partial charge in [-0.1, -0.05) is 0 Å². The number of rotatable bonds is 9. The molecule has 0 saturated carbocycles. The van der Waals surface area contributed by atoms with Gasteiger partial charge in [0.25, 0.3) is 0 Å². The SMILES string of the molecule is COCCCCCNCCC(=O)N(C)C. The Morgan fingerprint density at radius 2 is 1.93 bits per heavy atom.